The summed E-state index contributed by atoms with van der Waals surface area (Å²) in [5.41, 5.74) is 6.59. The van der Waals surface area contributed by atoms with Gasteiger partial charge in [-0.2, -0.15) is 0 Å². The molecule has 1 unspecified atom stereocenters. The predicted octanol–water partition coefficient (Wildman–Crippen LogP) is 4.08. The van der Waals surface area contributed by atoms with Crippen molar-refractivity contribution in [3.63, 3.8) is 0 Å². The van der Waals surface area contributed by atoms with Crippen molar-refractivity contribution < 1.29 is 4.42 Å². The first-order valence-electron chi connectivity index (χ1n) is 6.89. The number of rotatable bonds is 4. The maximum absolute atomic E-state index is 5.57. The third kappa shape index (κ3) is 2.59. The SMILES string of the molecule is CCc1occc1C(NC)c1cc(C)c(C)cc1C. The minimum atomic E-state index is 0.202. The molecule has 2 rings (SSSR count). The van der Waals surface area contributed by atoms with Gasteiger partial charge >= 0.3 is 0 Å². The molecule has 2 nitrogen and oxygen atoms in total. The van der Waals surface area contributed by atoms with Gasteiger partial charge in [-0.1, -0.05) is 19.1 Å². The van der Waals surface area contributed by atoms with Crippen LogP contribution in [0.4, 0.5) is 0 Å². The van der Waals surface area contributed by atoms with E-state index in [0.717, 1.165) is 12.2 Å². The van der Waals surface area contributed by atoms with Crippen molar-refractivity contribution in [3.05, 3.63) is 58.0 Å². The molecule has 0 spiro atoms. The highest BCUT2D eigenvalue weighted by molar-refractivity contribution is 5.43. The van der Waals surface area contributed by atoms with Crippen molar-refractivity contribution in [2.24, 2.45) is 0 Å². The molecule has 0 aliphatic carbocycles. The minimum Gasteiger partial charge on any atom is -0.469 e. The standard InChI is InChI=1S/C17H23NO/c1-6-16-14(7-8-19-16)17(18-5)15-10-12(3)11(2)9-13(15)4/h7-10,17-18H,6H2,1-5H3. The Kier molecular flexibility index (Phi) is 4.11. The van der Waals surface area contributed by atoms with E-state index in [-0.39, 0.29) is 6.04 Å². The van der Waals surface area contributed by atoms with Crippen LogP contribution in [0.5, 0.6) is 0 Å². The summed E-state index contributed by atoms with van der Waals surface area (Å²) >= 11 is 0. The summed E-state index contributed by atoms with van der Waals surface area (Å²) in [6.07, 6.45) is 2.71. The lowest BCUT2D eigenvalue weighted by Crippen LogP contribution is -2.19. The Balaban J connectivity index is 2.51. The van der Waals surface area contributed by atoms with Gasteiger partial charge in [0.05, 0.1) is 12.3 Å². The van der Waals surface area contributed by atoms with E-state index >= 15 is 0 Å². The summed E-state index contributed by atoms with van der Waals surface area (Å²) < 4.78 is 5.57. The molecule has 1 aromatic heterocycles. The number of nitrogens with one attached hydrogen (secondary N) is 1. The van der Waals surface area contributed by atoms with E-state index in [1.54, 1.807) is 6.26 Å². The predicted molar refractivity (Wildman–Crippen MR) is 79.6 cm³/mol. The second-order valence-electron chi connectivity index (χ2n) is 5.17. The molecule has 0 aliphatic rings. The molecule has 19 heavy (non-hydrogen) atoms. The van der Waals surface area contributed by atoms with Gasteiger partial charge in [0, 0.05) is 12.0 Å². The highest BCUT2D eigenvalue weighted by atomic mass is 16.3. The Morgan fingerprint density at radius 1 is 1.05 bits per heavy atom. The maximum atomic E-state index is 5.57. The van der Waals surface area contributed by atoms with Crippen LogP contribution in [0.3, 0.4) is 0 Å². The van der Waals surface area contributed by atoms with E-state index in [1.807, 2.05) is 7.05 Å². The Labute approximate surface area is 115 Å². The van der Waals surface area contributed by atoms with E-state index in [1.165, 1.54) is 27.8 Å². The normalized spacial score (nSPS) is 12.7. The zero-order valence-corrected chi connectivity index (χ0v) is 12.5. The van der Waals surface area contributed by atoms with Crippen LogP contribution in [-0.2, 0) is 6.42 Å². The molecular formula is C17H23NO. The lowest BCUT2D eigenvalue weighted by atomic mass is 9.91. The van der Waals surface area contributed by atoms with Crippen molar-refractivity contribution in [1.29, 1.82) is 0 Å². The van der Waals surface area contributed by atoms with Gasteiger partial charge < -0.3 is 9.73 Å². The molecule has 2 aromatic rings. The smallest absolute Gasteiger partial charge is 0.108 e. The van der Waals surface area contributed by atoms with Crippen LogP contribution in [0.1, 0.15) is 46.5 Å². The summed E-state index contributed by atoms with van der Waals surface area (Å²) in [6.45, 7) is 8.64. The molecule has 0 aliphatic heterocycles. The average molecular weight is 257 g/mol. The summed E-state index contributed by atoms with van der Waals surface area (Å²) in [4.78, 5) is 0. The molecule has 0 saturated heterocycles. The monoisotopic (exact) mass is 257 g/mol. The van der Waals surface area contributed by atoms with Gasteiger partial charge in [0.1, 0.15) is 5.76 Å². The first-order valence-corrected chi connectivity index (χ1v) is 6.89. The van der Waals surface area contributed by atoms with Gasteiger partial charge in [-0.05, 0) is 56.1 Å². The fourth-order valence-corrected chi connectivity index (χ4v) is 2.67. The molecule has 0 fully saturated rings. The Hall–Kier alpha value is -1.54. The Bertz CT molecular complexity index is 569. The van der Waals surface area contributed by atoms with Crippen LogP contribution in [-0.4, -0.2) is 7.05 Å². The highest BCUT2D eigenvalue weighted by Gasteiger charge is 2.19. The van der Waals surface area contributed by atoms with Crippen LogP contribution < -0.4 is 5.32 Å². The lowest BCUT2D eigenvalue weighted by molar-refractivity contribution is 0.504. The van der Waals surface area contributed by atoms with E-state index in [2.05, 4.69) is 51.2 Å². The molecular weight excluding hydrogens is 234 g/mol. The molecule has 102 valence electrons. The molecule has 0 radical (unpaired) electrons. The van der Waals surface area contributed by atoms with E-state index in [4.69, 9.17) is 4.42 Å². The second kappa shape index (κ2) is 5.62. The van der Waals surface area contributed by atoms with Gasteiger partial charge in [0.15, 0.2) is 0 Å². The molecule has 0 amide bonds. The molecule has 1 N–H and O–H groups in total. The zero-order valence-electron chi connectivity index (χ0n) is 12.5. The van der Waals surface area contributed by atoms with Crippen molar-refractivity contribution in [1.82, 2.24) is 5.32 Å². The van der Waals surface area contributed by atoms with Crippen LogP contribution in [0.2, 0.25) is 0 Å². The molecule has 0 saturated carbocycles. The topological polar surface area (TPSA) is 25.2 Å². The van der Waals surface area contributed by atoms with Crippen LogP contribution in [0.25, 0.3) is 0 Å². The molecule has 1 aromatic carbocycles. The first kappa shape index (κ1) is 13.9. The molecule has 2 heteroatoms. The fourth-order valence-electron chi connectivity index (χ4n) is 2.67. The summed E-state index contributed by atoms with van der Waals surface area (Å²) in [7, 11) is 2.01. The number of hydrogen-bond acceptors (Lipinski definition) is 2. The van der Waals surface area contributed by atoms with Crippen LogP contribution >= 0.6 is 0 Å². The summed E-state index contributed by atoms with van der Waals surface area (Å²) in [5, 5.41) is 3.42. The summed E-state index contributed by atoms with van der Waals surface area (Å²) in [5.74, 6) is 1.07. The third-order valence-corrected chi connectivity index (χ3v) is 3.89. The van der Waals surface area contributed by atoms with Crippen molar-refractivity contribution in [2.75, 3.05) is 7.05 Å². The molecule has 1 atom stereocenters. The zero-order chi connectivity index (χ0) is 14.0. The summed E-state index contributed by atoms with van der Waals surface area (Å²) in [6, 6.07) is 6.83. The fraction of sp³-hybridized carbons (Fsp3) is 0.412. The van der Waals surface area contributed by atoms with Gasteiger partial charge in [0.2, 0.25) is 0 Å². The first-order chi connectivity index (χ1) is 9.08. The lowest BCUT2D eigenvalue weighted by Gasteiger charge is -2.20. The number of furan rings is 1. The van der Waals surface area contributed by atoms with Crippen molar-refractivity contribution in [2.45, 2.75) is 40.2 Å². The second-order valence-corrected chi connectivity index (χ2v) is 5.17. The van der Waals surface area contributed by atoms with Crippen molar-refractivity contribution >= 4 is 0 Å². The number of hydrogen-bond donors (Lipinski definition) is 1. The van der Waals surface area contributed by atoms with E-state index in [0.29, 0.717) is 0 Å². The maximum Gasteiger partial charge on any atom is 0.108 e. The quantitative estimate of drug-likeness (QED) is 0.893. The van der Waals surface area contributed by atoms with Gasteiger partial charge in [-0.3, -0.25) is 0 Å². The molecule has 1 heterocycles. The van der Waals surface area contributed by atoms with Crippen LogP contribution in [0, 0.1) is 20.8 Å². The largest absolute Gasteiger partial charge is 0.469 e. The van der Waals surface area contributed by atoms with Gasteiger partial charge in [-0.15, -0.1) is 0 Å². The Morgan fingerprint density at radius 2 is 1.74 bits per heavy atom. The van der Waals surface area contributed by atoms with Gasteiger partial charge in [0.25, 0.3) is 0 Å². The Morgan fingerprint density at radius 3 is 2.37 bits per heavy atom. The highest BCUT2D eigenvalue weighted by Crippen LogP contribution is 2.29. The minimum absolute atomic E-state index is 0.202. The third-order valence-electron chi connectivity index (χ3n) is 3.89. The van der Waals surface area contributed by atoms with E-state index < -0.39 is 0 Å². The number of aryl methyl sites for hydroxylation is 4. The van der Waals surface area contributed by atoms with E-state index in [9.17, 15) is 0 Å². The van der Waals surface area contributed by atoms with Crippen molar-refractivity contribution in [3.8, 4) is 0 Å². The van der Waals surface area contributed by atoms with Gasteiger partial charge in [-0.25, -0.2) is 0 Å². The number of benzene rings is 1. The molecule has 0 bridgehead atoms. The average Bonchev–Trinajstić information content (AvgIpc) is 2.84. The van der Waals surface area contributed by atoms with Crippen LogP contribution in [0.15, 0.2) is 28.9 Å².